The number of carbonyl (C=O) groups is 2. The summed E-state index contributed by atoms with van der Waals surface area (Å²) in [6.07, 6.45) is 10.2. The third kappa shape index (κ3) is 6.27. The highest BCUT2D eigenvalue weighted by Crippen LogP contribution is 2.37. The number of carbonyl (C=O) groups excluding carboxylic acids is 2. The number of amides is 3. The van der Waals surface area contributed by atoms with Crippen LogP contribution >= 0.6 is 11.3 Å². The third-order valence-electron chi connectivity index (χ3n) is 7.32. The van der Waals surface area contributed by atoms with Crippen LogP contribution in [0.4, 0.5) is 4.79 Å². The van der Waals surface area contributed by atoms with Crippen molar-refractivity contribution in [3.8, 4) is 0 Å². The van der Waals surface area contributed by atoms with Crippen LogP contribution in [0.1, 0.15) is 72.5 Å². The predicted molar refractivity (Wildman–Crippen MR) is 130 cm³/mol. The fourth-order valence-electron chi connectivity index (χ4n) is 5.61. The van der Waals surface area contributed by atoms with Crippen molar-refractivity contribution in [2.45, 2.75) is 63.3 Å². The number of nitrogens with zero attached hydrogens (tertiary/aromatic N) is 2. The van der Waals surface area contributed by atoms with Gasteiger partial charge in [-0.2, -0.15) is 0 Å². The van der Waals surface area contributed by atoms with Crippen molar-refractivity contribution in [3.05, 3.63) is 21.9 Å². The summed E-state index contributed by atoms with van der Waals surface area (Å²) < 4.78 is 24.5. The van der Waals surface area contributed by atoms with Gasteiger partial charge in [-0.05, 0) is 56.4 Å². The van der Waals surface area contributed by atoms with Crippen LogP contribution in [0.25, 0.3) is 0 Å². The number of urea groups is 1. The summed E-state index contributed by atoms with van der Waals surface area (Å²) in [6.45, 7) is 2.66. The molecule has 3 heterocycles. The van der Waals surface area contributed by atoms with E-state index in [9.17, 15) is 18.0 Å². The minimum Gasteiger partial charge on any atom is -0.337 e. The minimum absolute atomic E-state index is 0.155. The molecule has 1 aliphatic carbocycles. The number of hydrogen-bond acceptors (Lipinski definition) is 5. The van der Waals surface area contributed by atoms with Gasteiger partial charge >= 0.3 is 6.03 Å². The number of nitrogens with one attached hydrogen (secondary N) is 2. The van der Waals surface area contributed by atoms with E-state index >= 15 is 0 Å². The van der Waals surface area contributed by atoms with Gasteiger partial charge in [0, 0.05) is 49.0 Å². The molecule has 2 atom stereocenters. The van der Waals surface area contributed by atoms with Crippen molar-refractivity contribution >= 4 is 33.3 Å². The molecular weight excluding hydrogens is 460 g/mol. The normalized spacial score (nSPS) is 24.4. The van der Waals surface area contributed by atoms with Gasteiger partial charge in [-0.3, -0.25) is 4.79 Å². The highest BCUT2D eigenvalue weighted by atomic mass is 32.2. The number of hydrogen-bond donors (Lipinski definition) is 2. The summed E-state index contributed by atoms with van der Waals surface area (Å²) in [6, 6.07) is 2.37. The minimum atomic E-state index is -3.24. The molecule has 0 bridgehead atoms. The molecular formula is C23H36N4O4S2. The topological polar surface area (TPSA) is 98.8 Å². The molecule has 3 amide bonds. The average molecular weight is 497 g/mol. The van der Waals surface area contributed by atoms with Gasteiger partial charge in [0.1, 0.15) is 0 Å². The molecule has 0 radical (unpaired) electrons. The Labute approximate surface area is 201 Å². The van der Waals surface area contributed by atoms with Crippen molar-refractivity contribution in [2.75, 3.05) is 39.0 Å². The Morgan fingerprint density at radius 3 is 2.52 bits per heavy atom. The summed E-state index contributed by atoms with van der Waals surface area (Å²) in [5, 5.41) is 4.80. The number of rotatable bonds is 6. The maximum atomic E-state index is 13.3. The van der Waals surface area contributed by atoms with Gasteiger partial charge in [-0.25, -0.2) is 17.9 Å². The van der Waals surface area contributed by atoms with Crippen LogP contribution in [0.3, 0.4) is 0 Å². The second kappa shape index (κ2) is 10.7. The summed E-state index contributed by atoms with van der Waals surface area (Å²) >= 11 is 1.67. The van der Waals surface area contributed by atoms with Crippen LogP contribution in [0.5, 0.6) is 0 Å². The van der Waals surface area contributed by atoms with Crippen LogP contribution in [-0.2, 0) is 10.0 Å². The monoisotopic (exact) mass is 496 g/mol. The smallest absolute Gasteiger partial charge is 0.317 e. The molecule has 2 saturated heterocycles. The summed E-state index contributed by atoms with van der Waals surface area (Å²) in [7, 11) is -3.24. The van der Waals surface area contributed by atoms with Crippen LogP contribution in [0.2, 0.25) is 0 Å². The first kappa shape index (κ1) is 24.5. The number of fused-ring (bicyclic) bond motifs is 1. The fourth-order valence-corrected chi connectivity index (χ4v) is 7.13. The maximum Gasteiger partial charge on any atom is 0.317 e. The number of sulfonamides is 1. The summed E-state index contributed by atoms with van der Waals surface area (Å²) in [5.41, 5.74) is 0.833. The highest BCUT2D eigenvalue weighted by molar-refractivity contribution is 7.88. The number of thiophene rings is 1. The lowest BCUT2D eigenvalue weighted by molar-refractivity contribution is 0.0391. The van der Waals surface area contributed by atoms with E-state index in [1.807, 2.05) is 5.38 Å². The van der Waals surface area contributed by atoms with Crippen LogP contribution < -0.4 is 10.0 Å². The number of piperidine rings is 2. The van der Waals surface area contributed by atoms with E-state index in [0.717, 1.165) is 44.0 Å². The molecule has 2 unspecified atom stereocenters. The van der Waals surface area contributed by atoms with E-state index in [-0.39, 0.29) is 25.0 Å². The molecule has 4 rings (SSSR count). The molecule has 2 aliphatic heterocycles. The largest absolute Gasteiger partial charge is 0.337 e. The van der Waals surface area contributed by atoms with Gasteiger partial charge in [-0.1, -0.05) is 12.8 Å². The highest BCUT2D eigenvalue weighted by Gasteiger charge is 2.36. The Bertz CT molecular complexity index is 938. The van der Waals surface area contributed by atoms with E-state index in [4.69, 9.17) is 0 Å². The molecule has 33 heavy (non-hydrogen) atoms. The lowest BCUT2D eigenvalue weighted by atomic mass is 9.78. The van der Waals surface area contributed by atoms with Gasteiger partial charge in [0.2, 0.25) is 10.0 Å². The van der Waals surface area contributed by atoms with Crippen LogP contribution in [-0.4, -0.2) is 75.2 Å². The molecule has 1 saturated carbocycles. The van der Waals surface area contributed by atoms with Gasteiger partial charge < -0.3 is 15.1 Å². The second-order valence-corrected chi connectivity index (χ2v) is 12.4. The Hall–Kier alpha value is -1.65. The van der Waals surface area contributed by atoms with Crippen molar-refractivity contribution in [3.63, 3.8) is 0 Å². The average Bonchev–Trinajstić information content (AvgIpc) is 3.31. The van der Waals surface area contributed by atoms with E-state index in [2.05, 4.69) is 21.0 Å². The van der Waals surface area contributed by atoms with Crippen molar-refractivity contribution < 1.29 is 18.0 Å². The molecule has 1 aromatic rings. The van der Waals surface area contributed by atoms with Crippen molar-refractivity contribution in [1.82, 2.24) is 19.8 Å². The molecule has 10 heteroatoms. The SMILES string of the molecule is CS(=O)(=O)NCCNC(=O)N1CCC(c2cc(C(=O)N3CCCC4CCCCC43)cs2)CC1. The summed E-state index contributed by atoms with van der Waals surface area (Å²) in [5.74, 6) is 1.26. The molecule has 8 nitrogen and oxygen atoms in total. The Kier molecular flexibility index (Phi) is 7.96. The zero-order chi connectivity index (χ0) is 23.4. The molecule has 0 aromatic carbocycles. The number of likely N-dealkylation sites (tertiary alicyclic amines) is 2. The first-order valence-corrected chi connectivity index (χ1v) is 15.0. The van der Waals surface area contributed by atoms with E-state index in [0.29, 0.717) is 31.0 Å². The Balaban J connectivity index is 1.26. The van der Waals surface area contributed by atoms with Gasteiger partial charge in [0.05, 0.1) is 11.8 Å². The molecule has 2 N–H and O–H groups in total. The fraction of sp³-hybridized carbons (Fsp3) is 0.739. The van der Waals surface area contributed by atoms with Crippen molar-refractivity contribution in [2.24, 2.45) is 5.92 Å². The van der Waals surface area contributed by atoms with Gasteiger partial charge in [0.25, 0.3) is 5.91 Å². The second-order valence-electron chi connectivity index (χ2n) is 9.65. The zero-order valence-corrected chi connectivity index (χ0v) is 21.1. The molecule has 3 aliphatic rings. The first-order chi connectivity index (χ1) is 15.8. The third-order valence-corrected chi connectivity index (χ3v) is 9.14. The van der Waals surface area contributed by atoms with Crippen LogP contribution in [0, 0.1) is 5.92 Å². The molecule has 0 spiro atoms. The lowest BCUT2D eigenvalue weighted by Crippen LogP contribution is -2.49. The molecule has 184 valence electrons. The standard InChI is InChI=1S/C23H36N4O4S2/c1-33(30,31)25-11-10-24-23(29)26-13-8-18(9-14-26)21-15-19(16-32-21)22(28)27-12-4-6-17-5-2-3-7-20(17)27/h15-18,20,25H,2-14H2,1H3,(H,24,29). The zero-order valence-electron chi connectivity index (χ0n) is 19.4. The quantitative estimate of drug-likeness (QED) is 0.592. The predicted octanol–water partition coefficient (Wildman–Crippen LogP) is 2.98. The molecule has 1 aromatic heterocycles. The van der Waals surface area contributed by atoms with E-state index < -0.39 is 10.0 Å². The lowest BCUT2D eigenvalue weighted by Gasteiger charge is -2.44. The molecule has 3 fully saturated rings. The van der Waals surface area contributed by atoms with E-state index in [1.54, 1.807) is 16.2 Å². The Morgan fingerprint density at radius 2 is 1.76 bits per heavy atom. The van der Waals surface area contributed by atoms with E-state index in [1.165, 1.54) is 30.6 Å². The first-order valence-electron chi connectivity index (χ1n) is 12.2. The maximum absolute atomic E-state index is 13.3. The van der Waals surface area contributed by atoms with Crippen LogP contribution in [0.15, 0.2) is 11.4 Å². The summed E-state index contributed by atoms with van der Waals surface area (Å²) in [4.78, 5) is 30.8. The van der Waals surface area contributed by atoms with Gasteiger partial charge in [-0.15, -0.1) is 11.3 Å². The Morgan fingerprint density at radius 1 is 1.03 bits per heavy atom. The van der Waals surface area contributed by atoms with Gasteiger partial charge in [0.15, 0.2) is 0 Å². The van der Waals surface area contributed by atoms with Crippen molar-refractivity contribution in [1.29, 1.82) is 0 Å².